The van der Waals surface area contributed by atoms with Crippen molar-refractivity contribution in [2.24, 2.45) is 0 Å². The number of rotatable bonds is 5. The second-order valence-electron chi connectivity index (χ2n) is 9.73. The highest BCUT2D eigenvalue weighted by Crippen LogP contribution is 2.37. The molecule has 10 nitrogen and oxygen atoms in total. The van der Waals surface area contributed by atoms with E-state index in [1.165, 1.54) is 21.9 Å². The van der Waals surface area contributed by atoms with Gasteiger partial charge in [0.2, 0.25) is 12.7 Å². The second kappa shape index (κ2) is 10.7. The maximum absolute atomic E-state index is 13.8. The van der Waals surface area contributed by atoms with Crippen LogP contribution < -0.4 is 14.4 Å². The van der Waals surface area contributed by atoms with Gasteiger partial charge in [0.15, 0.2) is 21.3 Å². The number of halogens is 3. The number of urea groups is 1. The van der Waals surface area contributed by atoms with Crippen molar-refractivity contribution >= 4 is 21.6 Å². The summed E-state index contributed by atoms with van der Waals surface area (Å²) >= 11 is 0. The molecule has 0 radical (unpaired) electrons. The van der Waals surface area contributed by atoms with Crippen molar-refractivity contribution in [3.8, 4) is 34.1 Å². The highest BCUT2D eigenvalue weighted by atomic mass is 32.2. The van der Waals surface area contributed by atoms with Crippen LogP contribution in [0.2, 0.25) is 0 Å². The lowest BCUT2D eigenvalue weighted by molar-refractivity contribution is -0.156. The van der Waals surface area contributed by atoms with Crippen LogP contribution in [0.1, 0.15) is 11.5 Å². The molecule has 0 N–H and O–H groups in total. The summed E-state index contributed by atoms with van der Waals surface area (Å²) in [7, 11) is -3.21. The SMILES string of the molecule is O=C(N1CCS(=O)(=O)CC1)N(Cc1ccc(-c2nnc(C(F)(F)F)o2)cc1)c1cccc(-c2ccc3c(c2)OCO3)c1. The van der Waals surface area contributed by atoms with E-state index in [9.17, 15) is 26.4 Å². The van der Waals surface area contributed by atoms with E-state index in [0.717, 1.165) is 11.1 Å². The topological polar surface area (TPSA) is 115 Å². The monoisotopic (exact) mass is 600 g/mol. The molecule has 218 valence electrons. The van der Waals surface area contributed by atoms with Crippen LogP contribution in [0.25, 0.3) is 22.6 Å². The van der Waals surface area contributed by atoms with Gasteiger partial charge in [0.25, 0.3) is 0 Å². The molecule has 2 amide bonds. The molecular formula is C28H23F3N4O6S. The first-order chi connectivity index (χ1) is 20.1. The molecule has 0 atom stereocenters. The minimum atomic E-state index is -4.75. The second-order valence-corrected chi connectivity index (χ2v) is 12.0. The number of anilines is 1. The van der Waals surface area contributed by atoms with E-state index in [1.54, 1.807) is 18.2 Å². The molecule has 1 fully saturated rings. The van der Waals surface area contributed by atoms with Gasteiger partial charge in [0.1, 0.15) is 0 Å². The predicted molar refractivity (Wildman–Crippen MR) is 145 cm³/mol. The van der Waals surface area contributed by atoms with E-state index in [4.69, 9.17) is 13.9 Å². The summed E-state index contributed by atoms with van der Waals surface area (Å²) in [5.41, 5.74) is 3.18. The Labute approximate surface area is 238 Å². The number of sulfone groups is 1. The summed E-state index contributed by atoms with van der Waals surface area (Å²) in [5, 5.41) is 6.53. The van der Waals surface area contributed by atoms with Gasteiger partial charge in [-0.25, -0.2) is 13.2 Å². The number of hydrogen-bond donors (Lipinski definition) is 0. The summed E-state index contributed by atoms with van der Waals surface area (Å²) in [6.07, 6.45) is -4.75. The van der Waals surface area contributed by atoms with Gasteiger partial charge in [-0.05, 0) is 53.1 Å². The highest BCUT2D eigenvalue weighted by Gasteiger charge is 2.38. The lowest BCUT2D eigenvalue weighted by atomic mass is 10.0. The molecule has 1 aromatic heterocycles. The molecule has 4 aromatic rings. The van der Waals surface area contributed by atoms with E-state index < -0.39 is 21.9 Å². The summed E-state index contributed by atoms with van der Waals surface area (Å²) in [6.45, 7) is 0.375. The smallest absolute Gasteiger partial charge is 0.454 e. The van der Waals surface area contributed by atoms with Gasteiger partial charge in [-0.3, -0.25) is 4.90 Å². The van der Waals surface area contributed by atoms with Crippen LogP contribution in [-0.2, 0) is 22.6 Å². The number of ether oxygens (including phenoxy) is 2. The third-order valence-electron chi connectivity index (χ3n) is 6.92. The number of nitrogens with zero attached hydrogens (tertiary/aromatic N) is 4. The molecule has 0 unspecified atom stereocenters. The van der Waals surface area contributed by atoms with Gasteiger partial charge in [0.05, 0.1) is 18.1 Å². The Morgan fingerprint density at radius 1 is 0.881 bits per heavy atom. The number of fused-ring (bicyclic) bond motifs is 1. The third kappa shape index (κ3) is 5.75. The molecule has 1 saturated heterocycles. The Morgan fingerprint density at radius 2 is 1.57 bits per heavy atom. The van der Waals surface area contributed by atoms with Gasteiger partial charge in [0, 0.05) is 24.3 Å². The van der Waals surface area contributed by atoms with Gasteiger partial charge in [-0.2, -0.15) is 13.2 Å². The molecule has 0 spiro atoms. The molecule has 2 aliphatic rings. The first-order valence-electron chi connectivity index (χ1n) is 12.8. The maximum Gasteiger partial charge on any atom is 0.470 e. The van der Waals surface area contributed by atoms with Crippen molar-refractivity contribution in [2.45, 2.75) is 12.7 Å². The number of amides is 2. The zero-order chi connectivity index (χ0) is 29.5. The first-order valence-corrected chi connectivity index (χ1v) is 14.6. The number of benzene rings is 3. The minimum Gasteiger partial charge on any atom is -0.454 e. The van der Waals surface area contributed by atoms with Crippen LogP contribution in [0.15, 0.2) is 71.1 Å². The van der Waals surface area contributed by atoms with Crippen LogP contribution in [-0.4, -0.2) is 60.9 Å². The van der Waals surface area contributed by atoms with E-state index >= 15 is 0 Å². The molecular weight excluding hydrogens is 577 g/mol. The number of carbonyl (C=O) groups excluding carboxylic acids is 1. The Morgan fingerprint density at radius 3 is 2.29 bits per heavy atom. The normalized spacial score (nSPS) is 15.9. The zero-order valence-corrected chi connectivity index (χ0v) is 22.7. The van der Waals surface area contributed by atoms with E-state index in [2.05, 4.69) is 10.2 Å². The number of hydrogen-bond acceptors (Lipinski definition) is 8. The van der Waals surface area contributed by atoms with Gasteiger partial charge in [-0.15, -0.1) is 10.2 Å². The molecule has 3 aromatic carbocycles. The largest absolute Gasteiger partial charge is 0.470 e. The fourth-order valence-electron chi connectivity index (χ4n) is 4.66. The summed E-state index contributed by atoms with van der Waals surface area (Å²) in [4.78, 5) is 16.8. The number of aromatic nitrogens is 2. The van der Waals surface area contributed by atoms with Crippen molar-refractivity contribution < 1.29 is 40.3 Å². The lowest BCUT2D eigenvalue weighted by Gasteiger charge is -2.33. The van der Waals surface area contributed by atoms with Crippen molar-refractivity contribution in [2.75, 3.05) is 36.3 Å². The van der Waals surface area contributed by atoms with Gasteiger partial charge >= 0.3 is 18.1 Å². The van der Waals surface area contributed by atoms with Crippen LogP contribution in [0.5, 0.6) is 11.5 Å². The molecule has 0 bridgehead atoms. The van der Waals surface area contributed by atoms with Gasteiger partial charge < -0.3 is 18.8 Å². The predicted octanol–water partition coefficient (Wildman–Crippen LogP) is 5.01. The molecule has 0 aliphatic carbocycles. The fourth-order valence-corrected chi connectivity index (χ4v) is 5.86. The number of alkyl halides is 3. The van der Waals surface area contributed by atoms with Gasteiger partial charge in [-0.1, -0.05) is 30.3 Å². The lowest BCUT2D eigenvalue weighted by Crippen LogP contribution is -2.49. The summed E-state index contributed by atoms with van der Waals surface area (Å²) in [6, 6.07) is 18.9. The summed E-state index contributed by atoms with van der Waals surface area (Å²) in [5.74, 6) is -0.711. The highest BCUT2D eigenvalue weighted by molar-refractivity contribution is 7.91. The van der Waals surface area contributed by atoms with Crippen molar-refractivity contribution in [3.63, 3.8) is 0 Å². The molecule has 3 heterocycles. The maximum atomic E-state index is 13.8. The quantitative estimate of drug-likeness (QED) is 0.314. The first kappa shape index (κ1) is 27.6. The van der Waals surface area contributed by atoms with Crippen LogP contribution in [0.3, 0.4) is 0 Å². The number of carbonyl (C=O) groups is 1. The zero-order valence-electron chi connectivity index (χ0n) is 21.9. The Balaban J connectivity index is 1.29. The standard InChI is InChI=1S/C28H23F3N4O6S/c29-28(30,31)26-33-32-25(41-26)19-6-4-18(5-7-19)16-35(27(36)34-10-12-42(37,38)13-11-34)22-3-1-2-20(14-22)21-8-9-23-24(15-21)40-17-39-23/h1-9,14-15H,10-13,16-17H2. The molecule has 6 rings (SSSR count). The Bertz CT molecular complexity index is 1730. The fraction of sp³-hybridized carbons (Fsp3) is 0.250. The average molecular weight is 601 g/mol. The molecule has 2 aliphatic heterocycles. The third-order valence-corrected chi connectivity index (χ3v) is 8.53. The minimum absolute atomic E-state index is 0.0666. The molecule has 14 heteroatoms. The van der Waals surface area contributed by atoms with Crippen LogP contribution in [0, 0.1) is 0 Å². The average Bonchev–Trinajstić information content (AvgIpc) is 3.66. The molecule has 0 saturated carbocycles. The van der Waals surface area contributed by atoms with E-state index in [-0.39, 0.29) is 55.4 Å². The van der Waals surface area contributed by atoms with E-state index in [1.807, 2.05) is 36.4 Å². The Kier molecular flexibility index (Phi) is 7.01. The van der Waals surface area contributed by atoms with Crippen LogP contribution in [0.4, 0.5) is 23.7 Å². The Hall–Kier alpha value is -4.59. The summed E-state index contributed by atoms with van der Waals surface area (Å²) < 4.78 is 78.2. The van der Waals surface area contributed by atoms with Crippen molar-refractivity contribution in [3.05, 3.63) is 78.2 Å². The van der Waals surface area contributed by atoms with Crippen molar-refractivity contribution in [1.82, 2.24) is 15.1 Å². The van der Waals surface area contributed by atoms with Crippen molar-refractivity contribution in [1.29, 1.82) is 0 Å². The molecule has 42 heavy (non-hydrogen) atoms. The van der Waals surface area contributed by atoms with E-state index in [0.29, 0.717) is 22.7 Å². The van der Waals surface area contributed by atoms with Crippen LogP contribution >= 0.6 is 0 Å².